The standard InChI is InChI=1S/C29H16Cl2O/c30-27-11-9-21(23-13-17-5-1-3-7-19(17)15-25(23)27)29(32)22-10-12-28(31)26-16-20-8-4-2-6-18(20)14-24(22)26/h1-16H. The molecule has 6 aromatic carbocycles. The third-order valence-corrected chi connectivity index (χ3v) is 6.81. The summed E-state index contributed by atoms with van der Waals surface area (Å²) >= 11 is 13.1. The van der Waals surface area contributed by atoms with Crippen LogP contribution in [-0.2, 0) is 0 Å². The first kappa shape index (κ1) is 19.3. The molecule has 0 fully saturated rings. The lowest BCUT2D eigenvalue weighted by Gasteiger charge is -2.12. The van der Waals surface area contributed by atoms with E-state index in [1.807, 2.05) is 48.5 Å². The van der Waals surface area contributed by atoms with Gasteiger partial charge in [-0.1, -0.05) is 71.7 Å². The molecule has 0 saturated carbocycles. The molecule has 152 valence electrons. The number of hydrogen-bond donors (Lipinski definition) is 0. The Morgan fingerprint density at radius 3 is 1.19 bits per heavy atom. The largest absolute Gasteiger partial charge is 0.289 e. The van der Waals surface area contributed by atoms with Gasteiger partial charge in [0.25, 0.3) is 0 Å². The Morgan fingerprint density at radius 2 is 0.812 bits per heavy atom. The molecule has 0 amide bonds. The number of rotatable bonds is 2. The SMILES string of the molecule is O=C(c1ccc(Cl)c2cc3ccccc3cc12)c1ccc(Cl)c2cc3ccccc3cc12. The van der Waals surface area contributed by atoms with Crippen LogP contribution in [0.3, 0.4) is 0 Å². The Balaban J connectivity index is 1.64. The van der Waals surface area contributed by atoms with Crippen molar-refractivity contribution < 1.29 is 4.79 Å². The third-order valence-electron chi connectivity index (χ3n) is 6.15. The monoisotopic (exact) mass is 450 g/mol. The number of benzene rings is 6. The lowest BCUT2D eigenvalue weighted by molar-refractivity contribution is 0.104. The molecule has 0 saturated heterocycles. The Labute approximate surface area is 194 Å². The van der Waals surface area contributed by atoms with Gasteiger partial charge in [-0.25, -0.2) is 0 Å². The molecular weight excluding hydrogens is 435 g/mol. The second kappa shape index (κ2) is 7.34. The summed E-state index contributed by atoms with van der Waals surface area (Å²) in [6, 6.07) is 31.7. The first-order valence-electron chi connectivity index (χ1n) is 10.4. The molecule has 0 bridgehead atoms. The summed E-state index contributed by atoms with van der Waals surface area (Å²) in [5, 5.41) is 9.05. The number of carbonyl (C=O) groups is 1. The molecule has 0 aliphatic carbocycles. The molecule has 0 heterocycles. The van der Waals surface area contributed by atoms with Crippen molar-refractivity contribution in [3.05, 3.63) is 118 Å². The predicted molar refractivity (Wildman–Crippen MR) is 136 cm³/mol. The van der Waals surface area contributed by atoms with Gasteiger partial charge in [0.15, 0.2) is 5.78 Å². The molecule has 0 radical (unpaired) electrons. The van der Waals surface area contributed by atoms with Crippen LogP contribution < -0.4 is 0 Å². The molecule has 0 spiro atoms. The van der Waals surface area contributed by atoms with Crippen LogP contribution in [0.15, 0.2) is 97.1 Å². The summed E-state index contributed by atoms with van der Waals surface area (Å²) in [4.78, 5) is 13.9. The van der Waals surface area contributed by atoms with E-state index in [2.05, 4.69) is 36.4 Å². The van der Waals surface area contributed by atoms with Gasteiger partial charge in [-0.3, -0.25) is 4.79 Å². The molecule has 0 aliphatic rings. The first-order chi connectivity index (χ1) is 15.6. The van der Waals surface area contributed by atoms with Gasteiger partial charge in [0.1, 0.15) is 0 Å². The van der Waals surface area contributed by atoms with E-state index in [4.69, 9.17) is 23.2 Å². The van der Waals surface area contributed by atoms with Crippen LogP contribution in [0.4, 0.5) is 0 Å². The molecule has 0 N–H and O–H groups in total. The van der Waals surface area contributed by atoms with E-state index in [1.165, 1.54) is 0 Å². The third kappa shape index (κ3) is 2.97. The molecule has 6 rings (SSSR count). The quantitative estimate of drug-likeness (QED) is 0.190. The maximum absolute atomic E-state index is 13.9. The summed E-state index contributed by atoms with van der Waals surface area (Å²) in [7, 11) is 0. The van der Waals surface area contributed by atoms with Crippen molar-refractivity contribution in [1.82, 2.24) is 0 Å². The van der Waals surface area contributed by atoms with Crippen molar-refractivity contribution in [2.45, 2.75) is 0 Å². The zero-order chi connectivity index (χ0) is 21.8. The normalized spacial score (nSPS) is 11.6. The Morgan fingerprint density at radius 1 is 0.469 bits per heavy atom. The van der Waals surface area contributed by atoms with E-state index in [-0.39, 0.29) is 5.78 Å². The fraction of sp³-hybridized carbons (Fsp3) is 0. The van der Waals surface area contributed by atoms with Crippen LogP contribution in [-0.4, -0.2) is 5.78 Å². The molecule has 32 heavy (non-hydrogen) atoms. The lowest BCUT2D eigenvalue weighted by atomic mass is 9.91. The highest BCUT2D eigenvalue weighted by molar-refractivity contribution is 6.38. The maximum Gasteiger partial charge on any atom is 0.194 e. The van der Waals surface area contributed by atoms with Crippen LogP contribution in [0.1, 0.15) is 15.9 Å². The fourth-order valence-electron chi connectivity index (χ4n) is 4.53. The summed E-state index contributed by atoms with van der Waals surface area (Å²) in [6.07, 6.45) is 0. The number of fused-ring (bicyclic) bond motifs is 4. The molecule has 6 aromatic rings. The topological polar surface area (TPSA) is 17.1 Å². The van der Waals surface area contributed by atoms with Gasteiger partial charge in [-0.2, -0.15) is 0 Å². The highest BCUT2D eigenvalue weighted by atomic mass is 35.5. The second-order valence-electron chi connectivity index (χ2n) is 8.01. The Bertz CT molecular complexity index is 1590. The number of hydrogen-bond acceptors (Lipinski definition) is 1. The Hall–Kier alpha value is -3.39. The zero-order valence-electron chi connectivity index (χ0n) is 16.9. The minimum Gasteiger partial charge on any atom is -0.289 e. The van der Waals surface area contributed by atoms with Crippen LogP contribution in [0.2, 0.25) is 10.0 Å². The summed E-state index contributed by atoms with van der Waals surface area (Å²) in [5.41, 5.74) is 1.26. The van der Waals surface area contributed by atoms with Gasteiger partial charge in [-0.15, -0.1) is 0 Å². The molecular formula is C29H16Cl2O. The van der Waals surface area contributed by atoms with Gasteiger partial charge < -0.3 is 0 Å². The van der Waals surface area contributed by atoms with Crippen molar-refractivity contribution >= 4 is 72.1 Å². The first-order valence-corrected chi connectivity index (χ1v) is 11.1. The van der Waals surface area contributed by atoms with Gasteiger partial charge in [-0.05, 0) is 80.8 Å². The molecule has 3 heteroatoms. The van der Waals surface area contributed by atoms with Crippen LogP contribution >= 0.6 is 23.2 Å². The molecule has 1 nitrogen and oxygen atoms in total. The van der Waals surface area contributed by atoms with Gasteiger partial charge in [0.05, 0.1) is 0 Å². The summed E-state index contributed by atoms with van der Waals surface area (Å²) in [6.45, 7) is 0. The van der Waals surface area contributed by atoms with E-state index in [1.54, 1.807) is 12.1 Å². The maximum atomic E-state index is 13.9. The van der Waals surface area contributed by atoms with E-state index in [9.17, 15) is 4.79 Å². The van der Waals surface area contributed by atoms with Crippen molar-refractivity contribution in [1.29, 1.82) is 0 Å². The van der Waals surface area contributed by atoms with Crippen molar-refractivity contribution in [2.75, 3.05) is 0 Å². The smallest absolute Gasteiger partial charge is 0.194 e. The fourth-order valence-corrected chi connectivity index (χ4v) is 4.97. The molecule has 0 aromatic heterocycles. The van der Waals surface area contributed by atoms with Gasteiger partial charge >= 0.3 is 0 Å². The van der Waals surface area contributed by atoms with Gasteiger partial charge in [0, 0.05) is 31.9 Å². The molecule has 0 atom stereocenters. The minimum atomic E-state index is -0.0427. The van der Waals surface area contributed by atoms with Crippen LogP contribution in [0, 0.1) is 0 Å². The molecule has 0 aliphatic heterocycles. The Kier molecular flexibility index (Phi) is 4.43. The van der Waals surface area contributed by atoms with Crippen LogP contribution in [0.5, 0.6) is 0 Å². The zero-order valence-corrected chi connectivity index (χ0v) is 18.4. The van der Waals surface area contributed by atoms with Crippen LogP contribution in [0.25, 0.3) is 43.1 Å². The summed E-state index contributed by atoms with van der Waals surface area (Å²) in [5.74, 6) is -0.0427. The average molecular weight is 451 g/mol. The van der Waals surface area contributed by atoms with Crippen molar-refractivity contribution in [2.24, 2.45) is 0 Å². The lowest BCUT2D eigenvalue weighted by Crippen LogP contribution is -2.04. The highest BCUT2D eigenvalue weighted by Gasteiger charge is 2.18. The van der Waals surface area contributed by atoms with E-state index >= 15 is 0 Å². The second-order valence-corrected chi connectivity index (χ2v) is 8.82. The molecule has 0 unspecified atom stereocenters. The average Bonchev–Trinajstić information content (AvgIpc) is 2.82. The van der Waals surface area contributed by atoms with E-state index < -0.39 is 0 Å². The number of ketones is 1. The minimum absolute atomic E-state index is 0.0427. The van der Waals surface area contributed by atoms with Crippen molar-refractivity contribution in [3.63, 3.8) is 0 Å². The number of halogens is 2. The van der Waals surface area contributed by atoms with Crippen molar-refractivity contribution in [3.8, 4) is 0 Å². The number of carbonyl (C=O) groups excluding carboxylic acids is 1. The predicted octanol–water partition coefficient (Wildman–Crippen LogP) is 8.84. The van der Waals surface area contributed by atoms with E-state index in [0.29, 0.717) is 21.2 Å². The van der Waals surface area contributed by atoms with E-state index in [0.717, 1.165) is 43.1 Å². The van der Waals surface area contributed by atoms with Gasteiger partial charge in [0.2, 0.25) is 0 Å². The summed E-state index contributed by atoms with van der Waals surface area (Å²) < 4.78 is 0. The highest BCUT2D eigenvalue weighted by Crippen LogP contribution is 2.35.